The predicted molar refractivity (Wildman–Crippen MR) is 273 cm³/mol. The minimum absolute atomic E-state index is 0.429. The largest absolute Gasteiger partial charge is 0.310 e. The maximum Gasteiger partial charge on any atom is 0.0739 e. The Bertz CT molecular complexity index is 3360. The Hall–Kier alpha value is -8.00. The lowest BCUT2D eigenvalue weighted by Crippen LogP contribution is -2.29. The standard InChI is InChI=1S/C64H47N/c1-42-16-10-28-56-57-29-11-17-43(2)61(57)64(60(42)56)62-44(3)18-12-30-58(62)59-31-15-27-55(63(59)64)49-34-32-48(33-35-49)51-24-14-26-54(41-51)65(52-38-36-47(37-39-52)45-19-6-4-7-20-45)53-25-13-23-50(40-53)46-21-8-5-9-22-46/h4-41H,1-3H3. The molecule has 1 nitrogen and oxygen atoms in total. The topological polar surface area (TPSA) is 3.24 Å². The fourth-order valence-corrected chi connectivity index (χ4v) is 11.3. The van der Waals surface area contributed by atoms with Gasteiger partial charge in [0.1, 0.15) is 0 Å². The molecule has 0 radical (unpaired) electrons. The zero-order chi connectivity index (χ0) is 43.6. The van der Waals surface area contributed by atoms with Crippen LogP contribution in [0, 0.1) is 20.8 Å². The average Bonchev–Trinajstić information content (AvgIpc) is 3.84. The van der Waals surface area contributed by atoms with Gasteiger partial charge in [-0.1, -0.05) is 194 Å². The number of aryl methyl sites for hydroxylation is 3. The molecule has 308 valence electrons. The summed E-state index contributed by atoms with van der Waals surface area (Å²) in [4.78, 5) is 2.38. The Morgan fingerprint density at radius 1 is 0.246 bits per heavy atom. The van der Waals surface area contributed by atoms with Crippen molar-refractivity contribution in [2.45, 2.75) is 26.2 Å². The third-order valence-electron chi connectivity index (χ3n) is 14.0. The number of benzene rings is 10. The van der Waals surface area contributed by atoms with Crippen molar-refractivity contribution in [1.29, 1.82) is 0 Å². The normalized spacial score (nSPS) is 12.7. The molecule has 0 saturated carbocycles. The SMILES string of the molecule is Cc1cccc2c1C1(c3c(C)cccc3-2)c2c(C)cccc2-c2cccc(-c3ccc(-c4cccc(N(c5ccc(-c6ccccc6)cc5)c5cccc(-c6ccccc6)c5)c4)cc3)c21. The molecule has 1 heteroatoms. The second kappa shape index (κ2) is 15.4. The zero-order valence-electron chi connectivity index (χ0n) is 36.9. The quantitative estimate of drug-likeness (QED) is 0.155. The minimum atomic E-state index is -0.429. The summed E-state index contributed by atoms with van der Waals surface area (Å²) in [5, 5.41) is 0. The van der Waals surface area contributed by atoms with Crippen LogP contribution in [0.3, 0.4) is 0 Å². The van der Waals surface area contributed by atoms with Gasteiger partial charge in [0, 0.05) is 17.1 Å². The molecular weight excluding hydrogens is 783 g/mol. The molecule has 0 unspecified atom stereocenters. The van der Waals surface area contributed by atoms with Crippen LogP contribution in [0.15, 0.2) is 231 Å². The first-order chi connectivity index (χ1) is 32.0. The summed E-state index contributed by atoms with van der Waals surface area (Å²) < 4.78 is 0. The van der Waals surface area contributed by atoms with E-state index in [1.807, 2.05) is 0 Å². The first-order valence-electron chi connectivity index (χ1n) is 22.8. The third-order valence-corrected chi connectivity index (χ3v) is 14.0. The van der Waals surface area contributed by atoms with E-state index in [1.165, 1.54) is 106 Å². The van der Waals surface area contributed by atoms with Gasteiger partial charge in [0.05, 0.1) is 5.41 Å². The Labute approximate surface area is 382 Å². The van der Waals surface area contributed by atoms with E-state index in [9.17, 15) is 0 Å². The van der Waals surface area contributed by atoms with E-state index in [1.54, 1.807) is 0 Å². The maximum absolute atomic E-state index is 2.38. The average molecular weight is 830 g/mol. The van der Waals surface area contributed by atoms with E-state index in [-0.39, 0.29) is 0 Å². The first kappa shape index (κ1) is 38.7. The Balaban J connectivity index is 0.977. The van der Waals surface area contributed by atoms with Crippen LogP contribution in [0.25, 0.3) is 66.8 Å². The molecule has 0 atom stereocenters. The molecule has 12 rings (SSSR count). The van der Waals surface area contributed by atoms with Gasteiger partial charge in [0.15, 0.2) is 0 Å². The first-order valence-corrected chi connectivity index (χ1v) is 22.8. The summed E-state index contributed by atoms with van der Waals surface area (Å²) in [6, 6.07) is 85.0. The monoisotopic (exact) mass is 829 g/mol. The van der Waals surface area contributed by atoms with Gasteiger partial charge in [-0.25, -0.2) is 0 Å². The molecule has 2 aliphatic carbocycles. The summed E-state index contributed by atoms with van der Waals surface area (Å²) >= 11 is 0. The van der Waals surface area contributed by atoms with Crippen LogP contribution in [-0.2, 0) is 5.41 Å². The second-order valence-electron chi connectivity index (χ2n) is 17.8. The molecule has 65 heavy (non-hydrogen) atoms. The van der Waals surface area contributed by atoms with Gasteiger partial charge in [0.25, 0.3) is 0 Å². The third kappa shape index (κ3) is 6.07. The summed E-state index contributed by atoms with van der Waals surface area (Å²) in [5.74, 6) is 0. The highest BCUT2D eigenvalue weighted by atomic mass is 15.1. The lowest BCUT2D eigenvalue weighted by atomic mass is 9.65. The molecule has 0 bridgehead atoms. The number of nitrogens with zero attached hydrogens (tertiary/aromatic N) is 1. The summed E-state index contributed by atoms with van der Waals surface area (Å²) in [6.07, 6.45) is 0. The van der Waals surface area contributed by atoms with E-state index in [2.05, 4.69) is 256 Å². The molecule has 10 aromatic rings. The molecule has 0 amide bonds. The van der Waals surface area contributed by atoms with Gasteiger partial charge in [-0.2, -0.15) is 0 Å². The number of hydrogen-bond acceptors (Lipinski definition) is 1. The van der Waals surface area contributed by atoms with E-state index < -0.39 is 5.41 Å². The van der Waals surface area contributed by atoms with Crippen LogP contribution < -0.4 is 4.90 Å². The molecule has 10 aromatic carbocycles. The molecule has 0 aromatic heterocycles. The van der Waals surface area contributed by atoms with Crippen molar-refractivity contribution in [3.63, 3.8) is 0 Å². The van der Waals surface area contributed by atoms with Crippen molar-refractivity contribution >= 4 is 17.1 Å². The summed E-state index contributed by atoms with van der Waals surface area (Å²) in [5.41, 5.74) is 27.6. The lowest BCUT2D eigenvalue weighted by Gasteiger charge is -2.35. The van der Waals surface area contributed by atoms with Crippen molar-refractivity contribution in [2.24, 2.45) is 0 Å². The van der Waals surface area contributed by atoms with Crippen LogP contribution in [0.5, 0.6) is 0 Å². The molecule has 0 aliphatic heterocycles. The zero-order valence-corrected chi connectivity index (χ0v) is 36.9. The fourth-order valence-electron chi connectivity index (χ4n) is 11.3. The number of fused-ring (bicyclic) bond motifs is 10. The van der Waals surface area contributed by atoms with Gasteiger partial charge in [-0.05, 0) is 163 Å². The summed E-state index contributed by atoms with van der Waals surface area (Å²) in [6.45, 7) is 6.93. The fraction of sp³-hybridized carbons (Fsp3) is 0.0625. The summed E-state index contributed by atoms with van der Waals surface area (Å²) in [7, 11) is 0. The van der Waals surface area contributed by atoms with Crippen LogP contribution in [0.4, 0.5) is 17.1 Å². The molecule has 0 saturated heterocycles. The van der Waals surface area contributed by atoms with E-state index in [4.69, 9.17) is 0 Å². The smallest absolute Gasteiger partial charge is 0.0739 e. The van der Waals surface area contributed by atoms with Gasteiger partial charge in [0.2, 0.25) is 0 Å². The molecule has 0 fully saturated rings. The van der Waals surface area contributed by atoms with Gasteiger partial charge in [-0.3, -0.25) is 0 Å². The number of hydrogen-bond donors (Lipinski definition) is 0. The molecule has 0 heterocycles. The predicted octanol–water partition coefficient (Wildman–Crippen LogP) is 17.1. The molecule has 2 aliphatic rings. The van der Waals surface area contributed by atoms with Crippen molar-refractivity contribution in [2.75, 3.05) is 4.90 Å². The van der Waals surface area contributed by atoms with Crippen LogP contribution in [0.2, 0.25) is 0 Å². The lowest BCUT2D eigenvalue weighted by molar-refractivity contribution is 0.774. The molecular formula is C64H47N. The van der Waals surface area contributed by atoms with Crippen LogP contribution in [-0.4, -0.2) is 0 Å². The van der Waals surface area contributed by atoms with E-state index in [0.717, 1.165) is 17.1 Å². The van der Waals surface area contributed by atoms with Crippen molar-refractivity contribution < 1.29 is 0 Å². The molecule has 1 spiro atoms. The minimum Gasteiger partial charge on any atom is -0.310 e. The van der Waals surface area contributed by atoms with E-state index in [0.29, 0.717) is 0 Å². The van der Waals surface area contributed by atoms with Crippen molar-refractivity contribution in [3.05, 3.63) is 269 Å². The van der Waals surface area contributed by atoms with Gasteiger partial charge >= 0.3 is 0 Å². The second-order valence-corrected chi connectivity index (χ2v) is 17.8. The van der Waals surface area contributed by atoms with Gasteiger partial charge in [-0.15, -0.1) is 0 Å². The van der Waals surface area contributed by atoms with Crippen molar-refractivity contribution in [1.82, 2.24) is 0 Å². The van der Waals surface area contributed by atoms with Crippen molar-refractivity contribution in [3.8, 4) is 66.8 Å². The maximum atomic E-state index is 2.38. The van der Waals surface area contributed by atoms with Crippen LogP contribution in [0.1, 0.15) is 38.9 Å². The highest BCUT2D eigenvalue weighted by Crippen LogP contribution is 2.66. The highest BCUT2D eigenvalue weighted by Gasteiger charge is 2.54. The highest BCUT2D eigenvalue weighted by molar-refractivity contribution is 6.00. The Morgan fingerprint density at radius 3 is 1.08 bits per heavy atom. The Morgan fingerprint density at radius 2 is 0.585 bits per heavy atom. The van der Waals surface area contributed by atoms with E-state index >= 15 is 0 Å². The number of anilines is 3. The molecule has 0 N–H and O–H groups in total. The Kier molecular flexibility index (Phi) is 9.14. The van der Waals surface area contributed by atoms with Gasteiger partial charge < -0.3 is 4.90 Å². The van der Waals surface area contributed by atoms with Crippen LogP contribution >= 0.6 is 0 Å². The number of rotatable bonds is 7.